The Morgan fingerprint density at radius 2 is 1.80 bits per heavy atom. The largest absolute Gasteiger partial charge is 0.479 e. The summed E-state index contributed by atoms with van der Waals surface area (Å²) in [6.07, 6.45) is 1.56. The van der Waals surface area contributed by atoms with Crippen molar-refractivity contribution in [3.63, 3.8) is 0 Å². The summed E-state index contributed by atoms with van der Waals surface area (Å²) >= 11 is 0. The Labute approximate surface area is 118 Å². The number of hydrogen-bond acceptors (Lipinski definition) is 4. The van der Waals surface area contributed by atoms with Gasteiger partial charge in [-0.1, -0.05) is 13.8 Å². The van der Waals surface area contributed by atoms with Crippen molar-refractivity contribution < 1.29 is 24.2 Å². The van der Waals surface area contributed by atoms with E-state index in [0.717, 1.165) is 4.90 Å². The highest BCUT2D eigenvalue weighted by atomic mass is 16.5. The average molecular weight is 283 g/mol. The van der Waals surface area contributed by atoms with E-state index in [1.807, 2.05) is 13.8 Å². The predicted molar refractivity (Wildman–Crippen MR) is 69.9 cm³/mol. The van der Waals surface area contributed by atoms with Gasteiger partial charge in [0.15, 0.2) is 5.54 Å². The second-order valence-electron chi connectivity index (χ2n) is 5.65. The van der Waals surface area contributed by atoms with Crippen LogP contribution in [0.4, 0.5) is 0 Å². The Morgan fingerprint density at radius 3 is 2.20 bits per heavy atom. The molecule has 0 bridgehead atoms. The number of ether oxygens (including phenoxy) is 1. The molecule has 112 valence electrons. The summed E-state index contributed by atoms with van der Waals surface area (Å²) in [7, 11) is 0. The van der Waals surface area contributed by atoms with Gasteiger partial charge in [0.2, 0.25) is 11.8 Å². The van der Waals surface area contributed by atoms with Crippen molar-refractivity contribution in [2.75, 3.05) is 13.2 Å². The molecule has 2 amide bonds. The third kappa shape index (κ3) is 1.93. The molecule has 2 aliphatic rings. The van der Waals surface area contributed by atoms with Crippen LogP contribution in [0, 0.1) is 5.41 Å². The third-order valence-corrected chi connectivity index (χ3v) is 4.90. The summed E-state index contributed by atoms with van der Waals surface area (Å²) in [5, 5.41) is 9.60. The molecule has 0 saturated carbocycles. The molecule has 0 aromatic carbocycles. The number of nitrogens with zero attached hydrogens (tertiary/aromatic N) is 1. The lowest BCUT2D eigenvalue weighted by atomic mass is 9.80. The Bertz CT molecular complexity index is 435. The van der Waals surface area contributed by atoms with E-state index >= 15 is 0 Å². The number of aliphatic carboxylic acids is 1. The summed E-state index contributed by atoms with van der Waals surface area (Å²) in [6.45, 7) is 4.26. The number of carboxylic acid groups (broad SMARTS) is 1. The first-order chi connectivity index (χ1) is 9.43. The van der Waals surface area contributed by atoms with Crippen molar-refractivity contribution >= 4 is 17.8 Å². The van der Waals surface area contributed by atoms with Gasteiger partial charge in [0.05, 0.1) is 5.41 Å². The first-order valence-electron chi connectivity index (χ1n) is 7.12. The van der Waals surface area contributed by atoms with Crippen molar-refractivity contribution in [3.8, 4) is 0 Å². The van der Waals surface area contributed by atoms with E-state index < -0.39 is 16.9 Å². The molecule has 2 rings (SSSR count). The molecule has 6 heteroatoms. The van der Waals surface area contributed by atoms with E-state index in [-0.39, 0.29) is 44.3 Å². The second kappa shape index (κ2) is 5.16. The smallest absolute Gasteiger partial charge is 0.330 e. The number of likely N-dealkylation sites (tertiary alicyclic amines) is 1. The first-order valence-corrected chi connectivity index (χ1v) is 7.12. The van der Waals surface area contributed by atoms with Crippen molar-refractivity contribution in [1.29, 1.82) is 0 Å². The molecule has 6 nitrogen and oxygen atoms in total. The number of rotatable bonds is 4. The van der Waals surface area contributed by atoms with Crippen LogP contribution in [0.3, 0.4) is 0 Å². The maximum atomic E-state index is 12.7. The van der Waals surface area contributed by atoms with Crippen LogP contribution in [0.1, 0.15) is 46.0 Å². The van der Waals surface area contributed by atoms with Crippen molar-refractivity contribution in [3.05, 3.63) is 0 Å². The predicted octanol–water partition coefficient (Wildman–Crippen LogP) is 1.19. The standard InChI is InChI=1S/C14H21NO5/c1-3-13(4-2)9-10(16)15(11(13)17)14(12(18)19)5-7-20-8-6-14/h3-9H2,1-2H3,(H,18,19). The summed E-state index contributed by atoms with van der Waals surface area (Å²) < 4.78 is 5.20. The van der Waals surface area contributed by atoms with Crippen molar-refractivity contribution in [2.45, 2.75) is 51.5 Å². The minimum absolute atomic E-state index is 0.120. The maximum absolute atomic E-state index is 12.7. The van der Waals surface area contributed by atoms with E-state index in [1.165, 1.54) is 0 Å². The highest BCUT2D eigenvalue weighted by molar-refractivity contribution is 6.09. The maximum Gasteiger partial charge on any atom is 0.330 e. The monoisotopic (exact) mass is 283 g/mol. The fourth-order valence-electron chi connectivity index (χ4n) is 3.27. The summed E-state index contributed by atoms with van der Waals surface area (Å²) in [6, 6.07) is 0. The number of carbonyl (C=O) groups excluding carboxylic acids is 2. The summed E-state index contributed by atoms with van der Waals surface area (Å²) in [4.78, 5) is 37.8. The van der Waals surface area contributed by atoms with Gasteiger partial charge >= 0.3 is 5.97 Å². The number of carboxylic acids is 1. The average Bonchev–Trinajstić information content (AvgIpc) is 2.71. The molecular formula is C14H21NO5. The fourth-order valence-corrected chi connectivity index (χ4v) is 3.27. The van der Waals surface area contributed by atoms with Crippen LogP contribution in [0.5, 0.6) is 0 Å². The van der Waals surface area contributed by atoms with E-state index in [9.17, 15) is 19.5 Å². The number of amides is 2. The van der Waals surface area contributed by atoms with Crippen LogP contribution < -0.4 is 0 Å². The highest BCUT2D eigenvalue weighted by Gasteiger charge is 2.59. The Hall–Kier alpha value is -1.43. The van der Waals surface area contributed by atoms with E-state index in [4.69, 9.17) is 4.74 Å². The Morgan fingerprint density at radius 1 is 1.25 bits per heavy atom. The lowest BCUT2D eigenvalue weighted by molar-refractivity contribution is -0.170. The molecule has 2 heterocycles. The molecule has 1 N–H and O–H groups in total. The zero-order valence-electron chi connectivity index (χ0n) is 12.0. The van der Waals surface area contributed by atoms with Crippen molar-refractivity contribution in [1.82, 2.24) is 4.90 Å². The quantitative estimate of drug-likeness (QED) is 0.783. The Kier molecular flexibility index (Phi) is 3.86. The zero-order valence-corrected chi connectivity index (χ0v) is 12.0. The van der Waals surface area contributed by atoms with Gasteiger partial charge in [-0.05, 0) is 12.8 Å². The molecular weight excluding hydrogens is 262 g/mol. The van der Waals surface area contributed by atoms with Crippen LogP contribution in [0.2, 0.25) is 0 Å². The minimum Gasteiger partial charge on any atom is -0.479 e. The lowest BCUT2D eigenvalue weighted by Crippen LogP contribution is -2.60. The van der Waals surface area contributed by atoms with E-state index in [0.29, 0.717) is 12.8 Å². The molecule has 0 radical (unpaired) electrons. The molecule has 2 fully saturated rings. The topological polar surface area (TPSA) is 83.9 Å². The van der Waals surface area contributed by atoms with Crippen molar-refractivity contribution in [2.24, 2.45) is 5.41 Å². The highest BCUT2D eigenvalue weighted by Crippen LogP contribution is 2.44. The number of imide groups is 1. The fraction of sp³-hybridized carbons (Fsp3) is 0.786. The second-order valence-corrected chi connectivity index (χ2v) is 5.65. The number of hydrogen-bond donors (Lipinski definition) is 1. The molecule has 20 heavy (non-hydrogen) atoms. The summed E-state index contributed by atoms with van der Waals surface area (Å²) in [5.74, 6) is -1.79. The van der Waals surface area contributed by atoms with Crippen LogP contribution in [-0.4, -0.2) is 46.5 Å². The van der Waals surface area contributed by atoms with Gasteiger partial charge in [-0.15, -0.1) is 0 Å². The molecule has 0 aromatic heterocycles. The van der Waals surface area contributed by atoms with Gasteiger partial charge in [0, 0.05) is 32.5 Å². The zero-order chi connectivity index (χ0) is 15.0. The Balaban J connectivity index is 2.42. The molecule has 2 saturated heterocycles. The minimum atomic E-state index is -1.42. The van der Waals surface area contributed by atoms with Gasteiger partial charge in [0.1, 0.15) is 0 Å². The van der Waals surface area contributed by atoms with Gasteiger partial charge < -0.3 is 9.84 Å². The van der Waals surface area contributed by atoms with Crippen LogP contribution in [0.15, 0.2) is 0 Å². The van der Waals surface area contributed by atoms with Crippen LogP contribution >= 0.6 is 0 Å². The summed E-state index contributed by atoms with van der Waals surface area (Å²) in [5.41, 5.74) is -2.14. The molecule has 0 atom stereocenters. The lowest BCUT2D eigenvalue weighted by Gasteiger charge is -2.40. The van der Waals surface area contributed by atoms with Gasteiger partial charge in [0.25, 0.3) is 0 Å². The SMILES string of the molecule is CCC1(CC)CC(=O)N(C2(C(=O)O)CCOCC2)C1=O. The van der Waals surface area contributed by atoms with E-state index in [2.05, 4.69) is 0 Å². The molecule has 2 aliphatic heterocycles. The molecule has 0 unspecified atom stereocenters. The van der Waals surface area contributed by atoms with E-state index in [1.54, 1.807) is 0 Å². The number of carbonyl (C=O) groups is 3. The van der Waals surface area contributed by atoms with Gasteiger partial charge in [-0.2, -0.15) is 0 Å². The van der Waals surface area contributed by atoms with Gasteiger partial charge in [-0.3, -0.25) is 14.5 Å². The molecule has 0 aliphatic carbocycles. The molecule has 0 aromatic rings. The van der Waals surface area contributed by atoms with Crippen LogP contribution in [0.25, 0.3) is 0 Å². The normalized spacial score (nSPS) is 25.0. The third-order valence-electron chi connectivity index (χ3n) is 4.90. The van der Waals surface area contributed by atoms with Gasteiger partial charge in [-0.25, -0.2) is 4.79 Å². The first kappa shape index (κ1) is 15.0. The van der Waals surface area contributed by atoms with Crippen LogP contribution in [-0.2, 0) is 19.1 Å². The molecule has 0 spiro atoms.